The molecule has 0 aliphatic carbocycles. The maximum atomic E-state index is 8.89. The zero-order valence-electron chi connectivity index (χ0n) is 7.40. The predicted molar refractivity (Wildman–Crippen MR) is 42.3 cm³/mol. The normalized spacial score (nSPS) is 5.69. The molecule has 0 radical (unpaired) electrons. The van der Waals surface area contributed by atoms with Crippen molar-refractivity contribution in [2.24, 2.45) is 11.5 Å². The van der Waals surface area contributed by atoms with Crippen molar-refractivity contribution in [3.05, 3.63) is 0 Å². The molecule has 8 heteroatoms. The largest absolute Gasteiger partial charge is 2.00 e. The van der Waals surface area contributed by atoms with Crippen LogP contribution in [0.3, 0.4) is 0 Å². The summed E-state index contributed by atoms with van der Waals surface area (Å²) in [5.41, 5.74) is 9.24. The Morgan fingerprint density at radius 1 is 1.08 bits per heavy atom. The van der Waals surface area contributed by atoms with E-state index in [-0.39, 0.29) is 32.4 Å². The standard InChI is InChI=1S/2C2H4O2.CH4N2S.Cd/c2*1-2(3)4;2-1(3)4;/h2*1H3,(H,3,4);(H4,2,3,4);/q;;;+2/p-2. The van der Waals surface area contributed by atoms with Gasteiger partial charge in [-0.05, 0) is 26.1 Å². The Balaban J connectivity index is -0.0000000450. The number of hydrogen-bond donors (Lipinski definition) is 2. The molecule has 13 heavy (non-hydrogen) atoms. The fraction of sp³-hybridized carbons (Fsp3) is 0.400. The summed E-state index contributed by atoms with van der Waals surface area (Å²) in [7, 11) is 0. The van der Waals surface area contributed by atoms with E-state index < -0.39 is 11.9 Å². The van der Waals surface area contributed by atoms with Crippen LogP contribution in [0.4, 0.5) is 0 Å². The van der Waals surface area contributed by atoms with Gasteiger partial charge in [-0.3, -0.25) is 0 Å². The van der Waals surface area contributed by atoms with Crippen LogP contribution in [-0.2, 0) is 36.9 Å². The van der Waals surface area contributed by atoms with Crippen molar-refractivity contribution in [3.8, 4) is 0 Å². The van der Waals surface area contributed by atoms with Crippen LogP contribution in [-0.4, -0.2) is 17.1 Å². The summed E-state index contributed by atoms with van der Waals surface area (Å²) in [6.07, 6.45) is 0. The summed E-state index contributed by atoms with van der Waals surface area (Å²) in [6, 6.07) is 0. The zero-order valence-corrected chi connectivity index (χ0v) is 12.3. The van der Waals surface area contributed by atoms with E-state index in [9.17, 15) is 0 Å². The molecule has 0 aromatic heterocycles. The quantitative estimate of drug-likeness (QED) is 0.354. The predicted octanol–water partition coefficient (Wildman–Crippen LogP) is -3.30. The maximum Gasteiger partial charge on any atom is 2.00 e. The van der Waals surface area contributed by atoms with Crippen LogP contribution in [0.1, 0.15) is 13.8 Å². The maximum absolute atomic E-state index is 8.89. The average molecular weight is 307 g/mol. The minimum atomic E-state index is -1.08. The van der Waals surface area contributed by atoms with Gasteiger partial charge < -0.3 is 31.3 Å². The summed E-state index contributed by atoms with van der Waals surface area (Å²) in [4.78, 5) is 17.8. The Bertz CT molecular complexity index is 124. The fourth-order valence-corrected chi connectivity index (χ4v) is 0. The summed E-state index contributed by atoms with van der Waals surface area (Å²) >= 11 is 4.09. The fourth-order valence-electron chi connectivity index (χ4n) is 0. The molecule has 0 atom stereocenters. The van der Waals surface area contributed by atoms with Gasteiger partial charge in [-0.1, -0.05) is 0 Å². The molecule has 0 amide bonds. The number of aliphatic carboxylic acids is 2. The van der Waals surface area contributed by atoms with Crippen LogP contribution < -0.4 is 21.7 Å². The number of rotatable bonds is 0. The molecule has 0 fully saturated rings. The minimum Gasteiger partial charge on any atom is -0.550 e. The second-order valence-electron chi connectivity index (χ2n) is 1.39. The van der Waals surface area contributed by atoms with Gasteiger partial charge in [0.25, 0.3) is 0 Å². The Morgan fingerprint density at radius 2 is 1.08 bits per heavy atom. The van der Waals surface area contributed by atoms with E-state index in [1.54, 1.807) is 0 Å². The first-order valence-electron chi connectivity index (χ1n) is 2.60. The number of hydrogen-bond acceptors (Lipinski definition) is 5. The molecule has 0 rings (SSSR count). The van der Waals surface area contributed by atoms with E-state index in [1.165, 1.54) is 0 Å². The second kappa shape index (κ2) is 17.6. The van der Waals surface area contributed by atoms with Gasteiger partial charge in [0.05, 0.1) is 0 Å². The van der Waals surface area contributed by atoms with Crippen LogP contribution in [0.15, 0.2) is 0 Å². The number of carboxylic acid groups (broad SMARTS) is 2. The molecule has 0 unspecified atom stereocenters. The molecular formula is C5H10CdN2O4S. The van der Waals surface area contributed by atoms with Crippen LogP contribution >= 0.6 is 12.2 Å². The Kier molecular flexibility index (Phi) is 31.0. The monoisotopic (exact) mass is 308 g/mol. The molecular weight excluding hydrogens is 297 g/mol. The molecule has 0 bridgehead atoms. The summed E-state index contributed by atoms with van der Waals surface area (Å²) in [5.74, 6) is -2.17. The van der Waals surface area contributed by atoms with Gasteiger partial charge in [0.1, 0.15) is 0 Å². The number of carbonyl (C=O) groups excluding carboxylic acids is 2. The molecule has 0 saturated heterocycles. The van der Waals surface area contributed by atoms with E-state index in [2.05, 4.69) is 23.7 Å². The summed E-state index contributed by atoms with van der Waals surface area (Å²) in [6.45, 7) is 1.94. The van der Waals surface area contributed by atoms with Crippen molar-refractivity contribution in [2.45, 2.75) is 13.8 Å². The Morgan fingerprint density at radius 3 is 1.08 bits per heavy atom. The molecule has 0 spiro atoms. The van der Waals surface area contributed by atoms with Crippen LogP contribution in [0.25, 0.3) is 0 Å². The van der Waals surface area contributed by atoms with Crippen LogP contribution in [0.2, 0.25) is 0 Å². The molecule has 0 aliphatic heterocycles. The van der Waals surface area contributed by atoms with E-state index in [4.69, 9.17) is 19.8 Å². The molecule has 0 aromatic carbocycles. The van der Waals surface area contributed by atoms with E-state index in [0.717, 1.165) is 13.8 Å². The third kappa shape index (κ3) is 5250. The minimum absolute atomic E-state index is 0. The first-order chi connectivity index (χ1) is 5.20. The number of carboxylic acids is 2. The summed E-state index contributed by atoms with van der Waals surface area (Å²) < 4.78 is 0. The first-order valence-corrected chi connectivity index (χ1v) is 3.01. The van der Waals surface area contributed by atoms with E-state index in [0.29, 0.717) is 0 Å². The van der Waals surface area contributed by atoms with Crippen molar-refractivity contribution in [1.82, 2.24) is 0 Å². The Hall–Kier alpha value is -0.448. The molecule has 0 heterocycles. The third-order valence-corrected chi connectivity index (χ3v) is 0. The molecule has 0 aromatic rings. The molecule has 0 aliphatic rings. The van der Waals surface area contributed by atoms with Crippen molar-refractivity contribution in [3.63, 3.8) is 0 Å². The molecule has 4 N–H and O–H groups in total. The topological polar surface area (TPSA) is 132 Å². The third-order valence-electron chi connectivity index (χ3n) is 0. The zero-order chi connectivity index (χ0) is 10.7. The van der Waals surface area contributed by atoms with Gasteiger partial charge in [0.15, 0.2) is 5.11 Å². The average Bonchev–Trinajstić information content (AvgIpc) is 1.54. The number of carbonyl (C=O) groups is 2. The molecule has 6 nitrogen and oxygen atoms in total. The van der Waals surface area contributed by atoms with Gasteiger partial charge in [0.2, 0.25) is 0 Å². The molecule has 72 valence electrons. The van der Waals surface area contributed by atoms with E-state index in [1.807, 2.05) is 0 Å². The first kappa shape index (κ1) is 22.9. The van der Waals surface area contributed by atoms with Gasteiger partial charge in [-0.2, -0.15) is 0 Å². The van der Waals surface area contributed by atoms with E-state index >= 15 is 0 Å². The van der Waals surface area contributed by atoms with Crippen molar-refractivity contribution in [1.29, 1.82) is 0 Å². The molecule has 0 saturated carbocycles. The van der Waals surface area contributed by atoms with Gasteiger partial charge in [0, 0.05) is 11.9 Å². The smallest absolute Gasteiger partial charge is 0.550 e. The SMILES string of the molecule is CC(=O)[O-].CC(=O)[O-].NC(N)=S.[Cd+2]. The number of nitrogens with two attached hydrogens (primary N) is 2. The van der Waals surface area contributed by atoms with Gasteiger partial charge >= 0.3 is 27.3 Å². The number of thiocarbonyl (C=S) groups is 1. The van der Waals surface area contributed by atoms with Crippen LogP contribution in [0, 0.1) is 0 Å². The van der Waals surface area contributed by atoms with Crippen molar-refractivity contribution < 1.29 is 47.1 Å². The van der Waals surface area contributed by atoms with Crippen molar-refractivity contribution in [2.75, 3.05) is 0 Å². The van der Waals surface area contributed by atoms with Gasteiger partial charge in [-0.15, -0.1) is 0 Å². The summed E-state index contributed by atoms with van der Waals surface area (Å²) in [5, 5.41) is 17.8. The van der Waals surface area contributed by atoms with Crippen LogP contribution in [0.5, 0.6) is 0 Å². The van der Waals surface area contributed by atoms with Gasteiger partial charge in [-0.25, -0.2) is 0 Å². The Labute approximate surface area is 101 Å². The van der Waals surface area contributed by atoms with Crippen molar-refractivity contribution >= 4 is 29.3 Å². The second-order valence-corrected chi connectivity index (χ2v) is 1.86.